The second-order valence-electron chi connectivity index (χ2n) is 6.57. The SMILES string of the molecule is Nc1nc(SCC(=O)Nc2c(F)cccc2F)nc2sc3c(c12)CCCCC3. The zero-order valence-corrected chi connectivity index (χ0v) is 16.6. The molecule has 0 bridgehead atoms. The summed E-state index contributed by atoms with van der Waals surface area (Å²) in [5, 5.41) is 3.57. The molecule has 4 rings (SSSR count). The molecular weight excluding hydrogens is 402 g/mol. The number of hydrogen-bond donors (Lipinski definition) is 2. The molecular formula is C19H18F2N4OS2. The highest BCUT2D eigenvalue weighted by molar-refractivity contribution is 7.99. The second-order valence-corrected chi connectivity index (χ2v) is 8.60. The van der Waals surface area contributed by atoms with Gasteiger partial charge in [0.05, 0.1) is 11.1 Å². The lowest BCUT2D eigenvalue weighted by Crippen LogP contribution is -2.16. The molecule has 2 aromatic heterocycles. The number of fused-ring (bicyclic) bond motifs is 3. The molecule has 0 atom stereocenters. The molecule has 1 aliphatic rings. The quantitative estimate of drug-likeness (QED) is 0.368. The molecule has 0 saturated carbocycles. The first-order chi connectivity index (χ1) is 13.5. The van der Waals surface area contributed by atoms with Gasteiger partial charge in [-0.2, -0.15) is 0 Å². The number of rotatable bonds is 4. The van der Waals surface area contributed by atoms with Crippen molar-refractivity contribution in [2.24, 2.45) is 0 Å². The van der Waals surface area contributed by atoms with Gasteiger partial charge in [-0.1, -0.05) is 24.2 Å². The standard InChI is InChI=1S/C19H18F2N4OS2/c20-11-6-4-7-12(21)16(11)23-14(26)9-27-19-24-17(22)15-10-5-2-1-3-8-13(10)28-18(15)25-19/h4,6-7H,1-3,5,8-9H2,(H,23,26)(H2,22,24,25). The summed E-state index contributed by atoms with van der Waals surface area (Å²) >= 11 is 2.72. The molecule has 1 amide bonds. The van der Waals surface area contributed by atoms with Crippen LogP contribution in [0.5, 0.6) is 0 Å². The summed E-state index contributed by atoms with van der Waals surface area (Å²) in [5.41, 5.74) is 7.00. The topological polar surface area (TPSA) is 80.9 Å². The van der Waals surface area contributed by atoms with Gasteiger partial charge in [-0.3, -0.25) is 4.79 Å². The summed E-state index contributed by atoms with van der Waals surface area (Å²) in [6, 6.07) is 3.41. The zero-order chi connectivity index (χ0) is 19.7. The Hall–Kier alpha value is -2.26. The molecule has 3 aromatic rings. The average Bonchev–Trinajstić information content (AvgIpc) is 2.85. The summed E-state index contributed by atoms with van der Waals surface area (Å²) in [6.07, 6.45) is 5.55. The second kappa shape index (κ2) is 8.00. The Kier molecular flexibility index (Phi) is 5.45. The summed E-state index contributed by atoms with van der Waals surface area (Å²) in [7, 11) is 0. The van der Waals surface area contributed by atoms with Crippen LogP contribution in [0.3, 0.4) is 0 Å². The number of aromatic nitrogens is 2. The minimum atomic E-state index is -0.819. The van der Waals surface area contributed by atoms with Crippen LogP contribution in [0.4, 0.5) is 20.3 Å². The highest BCUT2D eigenvalue weighted by Crippen LogP contribution is 2.38. The number of hydrogen-bond acceptors (Lipinski definition) is 6. The summed E-state index contributed by atoms with van der Waals surface area (Å²) in [5.74, 6) is -1.84. The number of nitrogens with two attached hydrogens (primary N) is 1. The maximum atomic E-state index is 13.6. The van der Waals surface area contributed by atoms with E-state index < -0.39 is 23.2 Å². The summed E-state index contributed by atoms with van der Waals surface area (Å²) < 4.78 is 27.3. The molecule has 146 valence electrons. The van der Waals surface area contributed by atoms with Gasteiger partial charge in [0.15, 0.2) is 5.16 Å². The van der Waals surface area contributed by atoms with Gasteiger partial charge in [-0.05, 0) is 43.4 Å². The monoisotopic (exact) mass is 420 g/mol. The fourth-order valence-electron chi connectivity index (χ4n) is 3.33. The molecule has 0 aliphatic heterocycles. The summed E-state index contributed by atoms with van der Waals surface area (Å²) in [4.78, 5) is 23.1. The van der Waals surface area contributed by atoms with E-state index in [1.54, 1.807) is 11.3 Å². The van der Waals surface area contributed by atoms with Crippen LogP contribution in [0.1, 0.15) is 29.7 Å². The van der Waals surface area contributed by atoms with E-state index in [9.17, 15) is 13.6 Å². The van der Waals surface area contributed by atoms with Gasteiger partial charge < -0.3 is 11.1 Å². The van der Waals surface area contributed by atoms with Gasteiger partial charge in [0, 0.05) is 4.88 Å². The maximum Gasteiger partial charge on any atom is 0.235 e. The molecule has 5 nitrogen and oxygen atoms in total. The number of amides is 1. The third-order valence-electron chi connectivity index (χ3n) is 4.63. The van der Waals surface area contributed by atoms with E-state index in [-0.39, 0.29) is 5.75 Å². The minimum absolute atomic E-state index is 0.0796. The van der Waals surface area contributed by atoms with Crippen LogP contribution >= 0.6 is 23.1 Å². The molecule has 3 N–H and O–H groups in total. The fourth-order valence-corrected chi connectivity index (χ4v) is 5.31. The number of aryl methyl sites for hydroxylation is 2. The van der Waals surface area contributed by atoms with E-state index in [2.05, 4.69) is 15.3 Å². The van der Waals surface area contributed by atoms with Crippen molar-refractivity contribution < 1.29 is 13.6 Å². The van der Waals surface area contributed by atoms with Crippen molar-refractivity contribution in [1.82, 2.24) is 9.97 Å². The van der Waals surface area contributed by atoms with Crippen molar-refractivity contribution in [2.45, 2.75) is 37.3 Å². The predicted octanol–water partition coefficient (Wildman–Crippen LogP) is 4.55. The lowest BCUT2D eigenvalue weighted by atomic mass is 10.1. The number of thiophene rings is 1. The number of benzene rings is 1. The number of thioether (sulfide) groups is 1. The van der Waals surface area contributed by atoms with Crippen LogP contribution in [-0.4, -0.2) is 21.6 Å². The van der Waals surface area contributed by atoms with Gasteiger partial charge in [0.1, 0.15) is 28.0 Å². The van der Waals surface area contributed by atoms with Gasteiger partial charge >= 0.3 is 0 Å². The van der Waals surface area contributed by atoms with Crippen LogP contribution < -0.4 is 11.1 Å². The van der Waals surface area contributed by atoms with Crippen LogP contribution in [-0.2, 0) is 17.6 Å². The number of nitrogen functional groups attached to an aromatic ring is 1. The molecule has 2 heterocycles. The van der Waals surface area contributed by atoms with E-state index in [4.69, 9.17) is 5.73 Å². The molecule has 28 heavy (non-hydrogen) atoms. The van der Waals surface area contributed by atoms with Crippen molar-refractivity contribution in [3.8, 4) is 0 Å². The maximum absolute atomic E-state index is 13.6. The van der Waals surface area contributed by atoms with E-state index >= 15 is 0 Å². The molecule has 1 aromatic carbocycles. The number of halogens is 2. The molecule has 0 saturated heterocycles. The Labute approximate surface area is 168 Å². The number of carbonyl (C=O) groups is 1. The lowest BCUT2D eigenvalue weighted by molar-refractivity contribution is -0.113. The minimum Gasteiger partial charge on any atom is -0.383 e. The average molecular weight is 421 g/mol. The van der Waals surface area contributed by atoms with Gasteiger partial charge in [0.25, 0.3) is 0 Å². The number of para-hydroxylation sites is 1. The largest absolute Gasteiger partial charge is 0.383 e. The van der Waals surface area contributed by atoms with Gasteiger partial charge in [-0.15, -0.1) is 11.3 Å². The Balaban J connectivity index is 1.50. The first kappa shape index (κ1) is 19.1. The Morgan fingerprint density at radius 1 is 1.18 bits per heavy atom. The van der Waals surface area contributed by atoms with Gasteiger partial charge in [0.2, 0.25) is 5.91 Å². The van der Waals surface area contributed by atoms with Crippen molar-refractivity contribution >= 4 is 50.7 Å². The van der Waals surface area contributed by atoms with E-state index in [0.717, 1.165) is 53.4 Å². The van der Waals surface area contributed by atoms with E-state index in [0.29, 0.717) is 11.0 Å². The lowest BCUT2D eigenvalue weighted by Gasteiger charge is -2.07. The zero-order valence-electron chi connectivity index (χ0n) is 14.9. The number of carbonyl (C=O) groups excluding carboxylic acids is 1. The van der Waals surface area contributed by atoms with Crippen LogP contribution in [0.25, 0.3) is 10.2 Å². The molecule has 0 fully saturated rings. The van der Waals surface area contributed by atoms with Crippen molar-refractivity contribution in [3.63, 3.8) is 0 Å². The van der Waals surface area contributed by atoms with Crippen molar-refractivity contribution in [1.29, 1.82) is 0 Å². The fraction of sp³-hybridized carbons (Fsp3) is 0.316. The van der Waals surface area contributed by atoms with Gasteiger partial charge in [-0.25, -0.2) is 18.7 Å². The smallest absolute Gasteiger partial charge is 0.235 e. The first-order valence-electron chi connectivity index (χ1n) is 8.97. The third kappa shape index (κ3) is 3.81. The Morgan fingerprint density at radius 2 is 1.93 bits per heavy atom. The highest BCUT2D eigenvalue weighted by Gasteiger charge is 2.20. The third-order valence-corrected chi connectivity index (χ3v) is 6.66. The Bertz CT molecular complexity index is 1030. The van der Waals surface area contributed by atoms with Crippen molar-refractivity contribution in [3.05, 3.63) is 40.3 Å². The van der Waals surface area contributed by atoms with Crippen LogP contribution in [0, 0.1) is 11.6 Å². The van der Waals surface area contributed by atoms with Crippen LogP contribution in [0.15, 0.2) is 23.4 Å². The molecule has 0 spiro atoms. The van der Waals surface area contributed by atoms with Crippen LogP contribution in [0.2, 0.25) is 0 Å². The molecule has 0 radical (unpaired) electrons. The summed E-state index contributed by atoms with van der Waals surface area (Å²) in [6.45, 7) is 0. The number of nitrogens with one attached hydrogen (secondary N) is 1. The number of nitrogens with zero attached hydrogens (tertiary/aromatic N) is 2. The first-order valence-corrected chi connectivity index (χ1v) is 10.8. The highest BCUT2D eigenvalue weighted by atomic mass is 32.2. The molecule has 9 heteroatoms. The Morgan fingerprint density at radius 3 is 2.71 bits per heavy atom. The predicted molar refractivity (Wildman–Crippen MR) is 109 cm³/mol. The van der Waals surface area contributed by atoms with E-state index in [1.807, 2.05) is 0 Å². The molecule has 0 unspecified atom stereocenters. The molecule has 1 aliphatic carbocycles. The normalized spacial score (nSPS) is 13.9. The van der Waals surface area contributed by atoms with E-state index in [1.165, 1.54) is 29.3 Å². The number of anilines is 2. The van der Waals surface area contributed by atoms with Crippen molar-refractivity contribution in [2.75, 3.05) is 16.8 Å².